The highest BCUT2D eigenvalue weighted by atomic mass is 16.5. The highest BCUT2D eigenvalue weighted by molar-refractivity contribution is 6.08. The van der Waals surface area contributed by atoms with E-state index in [0.29, 0.717) is 6.54 Å². The van der Waals surface area contributed by atoms with E-state index in [1.807, 2.05) is 12.2 Å². The second kappa shape index (κ2) is 6.52. The van der Waals surface area contributed by atoms with E-state index in [2.05, 4.69) is 0 Å². The quantitative estimate of drug-likeness (QED) is 0.419. The second-order valence-electron chi connectivity index (χ2n) is 7.78. The summed E-state index contributed by atoms with van der Waals surface area (Å²) >= 11 is 0. The molecule has 7 heteroatoms. The topological polar surface area (TPSA) is 84.0 Å². The lowest BCUT2D eigenvalue weighted by atomic mass is 9.85. The van der Waals surface area contributed by atoms with Gasteiger partial charge in [0.2, 0.25) is 17.7 Å². The molecule has 4 aliphatic rings. The lowest BCUT2D eigenvalue weighted by Crippen LogP contribution is -2.50. The Morgan fingerprint density at radius 3 is 2.38 bits per heavy atom. The van der Waals surface area contributed by atoms with Crippen molar-refractivity contribution < 1.29 is 23.9 Å². The molecule has 2 saturated heterocycles. The van der Waals surface area contributed by atoms with Crippen LogP contribution in [0.5, 0.6) is 0 Å². The number of allylic oxidation sites excluding steroid dienone is 2. The molecule has 2 aliphatic heterocycles. The Morgan fingerprint density at radius 2 is 1.77 bits per heavy atom. The Hall–Kier alpha value is -2.18. The fourth-order valence-electron chi connectivity index (χ4n) is 5.16. The van der Waals surface area contributed by atoms with Crippen LogP contribution in [-0.4, -0.2) is 59.7 Å². The van der Waals surface area contributed by atoms with E-state index in [0.717, 1.165) is 30.6 Å². The summed E-state index contributed by atoms with van der Waals surface area (Å²) in [5, 5.41) is 0. The molecule has 0 radical (unpaired) electrons. The molecule has 2 aliphatic carbocycles. The monoisotopic (exact) mass is 360 g/mol. The van der Waals surface area contributed by atoms with Gasteiger partial charge in [0.05, 0.1) is 25.4 Å². The van der Waals surface area contributed by atoms with Crippen molar-refractivity contribution in [1.82, 2.24) is 9.80 Å². The highest BCUT2D eigenvalue weighted by Crippen LogP contribution is 2.52. The van der Waals surface area contributed by atoms with Crippen LogP contribution in [0.25, 0.3) is 0 Å². The van der Waals surface area contributed by atoms with Gasteiger partial charge in [0.1, 0.15) is 6.54 Å². The lowest BCUT2D eigenvalue weighted by Gasteiger charge is -2.36. The SMILES string of the molecule is COC(=O)C[C@@H]1CCCCN1C(=O)CN1C(=O)[C@@H]2[C@@H](C1=O)[C@H]1C=C[C@H]2C1. The minimum absolute atomic E-state index is 0.142. The smallest absolute Gasteiger partial charge is 0.307 e. The van der Waals surface area contributed by atoms with Crippen LogP contribution in [0.4, 0.5) is 0 Å². The Morgan fingerprint density at radius 1 is 1.12 bits per heavy atom. The average molecular weight is 360 g/mol. The number of imide groups is 1. The standard InChI is InChI=1S/C19H24N2O5/c1-26-15(23)9-13-4-2-3-7-20(13)14(22)10-21-18(24)16-11-5-6-12(8-11)17(16)19(21)25/h5-6,11-13,16-17H,2-4,7-10H2,1H3/t11-,12-,13-,16-,17-/m0/s1. The van der Waals surface area contributed by atoms with E-state index in [-0.39, 0.29) is 66.4 Å². The number of fused-ring (bicyclic) bond motifs is 5. The van der Waals surface area contributed by atoms with Crippen LogP contribution in [0.2, 0.25) is 0 Å². The van der Waals surface area contributed by atoms with E-state index in [9.17, 15) is 19.2 Å². The summed E-state index contributed by atoms with van der Waals surface area (Å²) in [6.07, 6.45) is 7.67. The van der Waals surface area contributed by atoms with Crippen LogP contribution >= 0.6 is 0 Å². The molecule has 0 N–H and O–H groups in total. The number of likely N-dealkylation sites (tertiary alicyclic amines) is 2. The van der Waals surface area contributed by atoms with Gasteiger partial charge >= 0.3 is 5.97 Å². The minimum atomic E-state index is -0.347. The van der Waals surface area contributed by atoms with Gasteiger partial charge in [-0.15, -0.1) is 0 Å². The predicted molar refractivity (Wildman–Crippen MR) is 90.4 cm³/mol. The number of amides is 3. The number of ether oxygens (including phenoxy) is 1. The van der Waals surface area contributed by atoms with Crippen molar-refractivity contribution >= 4 is 23.7 Å². The predicted octanol–water partition coefficient (Wildman–Crippen LogP) is 0.738. The van der Waals surface area contributed by atoms with E-state index < -0.39 is 0 Å². The zero-order valence-corrected chi connectivity index (χ0v) is 14.9. The molecule has 0 aromatic carbocycles. The van der Waals surface area contributed by atoms with Gasteiger partial charge in [0.15, 0.2) is 0 Å². The highest BCUT2D eigenvalue weighted by Gasteiger charge is 2.59. The second-order valence-corrected chi connectivity index (χ2v) is 7.78. The normalized spacial score (nSPS) is 35.2. The summed E-state index contributed by atoms with van der Waals surface area (Å²) in [7, 11) is 1.33. The first kappa shape index (κ1) is 17.2. The van der Waals surface area contributed by atoms with Gasteiger partial charge in [-0.25, -0.2) is 0 Å². The number of hydrogen-bond donors (Lipinski definition) is 0. The summed E-state index contributed by atoms with van der Waals surface area (Å²) < 4.78 is 4.73. The molecule has 26 heavy (non-hydrogen) atoms. The first-order valence-corrected chi connectivity index (χ1v) is 9.41. The van der Waals surface area contributed by atoms with Crippen molar-refractivity contribution in [1.29, 1.82) is 0 Å². The molecule has 0 unspecified atom stereocenters. The van der Waals surface area contributed by atoms with Crippen LogP contribution in [0, 0.1) is 23.7 Å². The van der Waals surface area contributed by atoms with Crippen molar-refractivity contribution in [3.8, 4) is 0 Å². The molecule has 2 heterocycles. The van der Waals surface area contributed by atoms with Gasteiger partial charge in [-0.3, -0.25) is 24.1 Å². The molecule has 7 nitrogen and oxygen atoms in total. The molecule has 3 fully saturated rings. The van der Waals surface area contributed by atoms with Crippen LogP contribution in [0.15, 0.2) is 12.2 Å². The molecule has 1 saturated carbocycles. The summed E-state index contributed by atoms with van der Waals surface area (Å²) in [5.74, 6) is -1.28. The van der Waals surface area contributed by atoms with Crippen LogP contribution in [0.1, 0.15) is 32.1 Å². The number of rotatable bonds is 4. The Kier molecular flexibility index (Phi) is 4.32. The Labute approximate surface area is 152 Å². The molecule has 0 aromatic rings. The van der Waals surface area contributed by atoms with Crippen molar-refractivity contribution in [3.05, 3.63) is 12.2 Å². The van der Waals surface area contributed by atoms with E-state index in [1.54, 1.807) is 4.90 Å². The first-order chi connectivity index (χ1) is 12.5. The number of piperidine rings is 1. The molecule has 0 aromatic heterocycles. The number of methoxy groups -OCH3 is 1. The minimum Gasteiger partial charge on any atom is -0.469 e. The van der Waals surface area contributed by atoms with Gasteiger partial charge in [0, 0.05) is 12.6 Å². The Bertz CT molecular complexity index is 657. The van der Waals surface area contributed by atoms with Crippen LogP contribution < -0.4 is 0 Å². The summed E-state index contributed by atoms with van der Waals surface area (Å²) in [6, 6.07) is -0.214. The molecule has 4 rings (SSSR count). The first-order valence-electron chi connectivity index (χ1n) is 9.41. The maximum atomic E-state index is 12.8. The van der Waals surface area contributed by atoms with E-state index in [4.69, 9.17) is 4.74 Å². The molecule has 2 bridgehead atoms. The third-order valence-corrected chi connectivity index (χ3v) is 6.43. The van der Waals surface area contributed by atoms with Crippen LogP contribution in [0.3, 0.4) is 0 Å². The summed E-state index contributed by atoms with van der Waals surface area (Å²) in [6.45, 7) is 0.345. The maximum Gasteiger partial charge on any atom is 0.307 e. The number of hydrogen-bond acceptors (Lipinski definition) is 5. The van der Waals surface area contributed by atoms with Gasteiger partial charge in [-0.1, -0.05) is 12.2 Å². The van der Waals surface area contributed by atoms with Gasteiger partial charge < -0.3 is 9.64 Å². The maximum absolute atomic E-state index is 12.8. The van der Waals surface area contributed by atoms with Crippen molar-refractivity contribution in [3.63, 3.8) is 0 Å². The lowest BCUT2D eigenvalue weighted by molar-refractivity contribution is -0.150. The number of nitrogens with zero attached hydrogens (tertiary/aromatic N) is 2. The van der Waals surface area contributed by atoms with Gasteiger partial charge in [-0.2, -0.15) is 0 Å². The molecule has 5 atom stereocenters. The van der Waals surface area contributed by atoms with E-state index >= 15 is 0 Å². The van der Waals surface area contributed by atoms with Crippen molar-refractivity contribution in [2.24, 2.45) is 23.7 Å². The van der Waals surface area contributed by atoms with Gasteiger partial charge in [0.25, 0.3) is 0 Å². The third-order valence-electron chi connectivity index (χ3n) is 6.43. The zero-order chi connectivity index (χ0) is 18.4. The molecule has 3 amide bonds. The van der Waals surface area contributed by atoms with Gasteiger partial charge in [-0.05, 0) is 37.5 Å². The van der Waals surface area contributed by atoms with E-state index in [1.165, 1.54) is 7.11 Å². The average Bonchev–Trinajstić information content (AvgIpc) is 3.32. The molecular weight excluding hydrogens is 336 g/mol. The van der Waals surface area contributed by atoms with Crippen LogP contribution in [-0.2, 0) is 23.9 Å². The fourth-order valence-corrected chi connectivity index (χ4v) is 5.16. The fraction of sp³-hybridized carbons (Fsp3) is 0.684. The summed E-state index contributed by atoms with van der Waals surface area (Å²) in [5.41, 5.74) is 0. The third kappa shape index (κ3) is 2.64. The largest absolute Gasteiger partial charge is 0.469 e. The zero-order valence-electron chi connectivity index (χ0n) is 14.9. The number of esters is 1. The molecular formula is C19H24N2O5. The molecule has 0 spiro atoms. The number of carbonyl (C=O) groups excluding carboxylic acids is 4. The van der Waals surface area contributed by atoms with Crippen molar-refractivity contribution in [2.45, 2.75) is 38.1 Å². The Balaban J connectivity index is 1.45. The molecule has 140 valence electrons. The number of carbonyl (C=O) groups is 4. The van der Waals surface area contributed by atoms with Crippen molar-refractivity contribution in [2.75, 3.05) is 20.2 Å². The summed E-state index contributed by atoms with van der Waals surface area (Å²) in [4.78, 5) is 52.7.